The molecule has 0 atom stereocenters. The number of anilines is 1. The van der Waals surface area contributed by atoms with Gasteiger partial charge in [-0.1, -0.05) is 0 Å². The minimum absolute atomic E-state index is 0.00491. The third kappa shape index (κ3) is 6.32. The number of carbonyl (C=O) groups excluding carboxylic acids is 2. The molecule has 0 aliphatic carbocycles. The van der Waals surface area contributed by atoms with Crippen molar-refractivity contribution in [1.82, 2.24) is 5.32 Å². The van der Waals surface area contributed by atoms with E-state index in [-0.39, 0.29) is 6.61 Å². The van der Waals surface area contributed by atoms with Crippen molar-refractivity contribution in [2.45, 2.75) is 6.42 Å². The maximum Gasteiger partial charge on any atom is 0.248 e. The normalized spacial score (nSPS) is 10.4. The summed E-state index contributed by atoms with van der Waals surface area (Å²) in [5.41, 5.74) is 0.441. The van der Waals surface area contributed by atoms with Crippen LogP contribution in [0.2, 0.25) is 0 Å². The lowest BCUT2D eigenvalue weighted by molar-refractivity contribution is -0.117. The Morgan fingerprint density at radius 1 is 1.16 bits per heavy atom. The minimum atomic E-state index is -0.482. The molecule has 0 heterocycles. The summed E-state index contributed by atoms with van der Waals surface area (Å²) in [6.45, 7) is 0.342. The third-order valence-electron chi connectivity index (χ3n) is 2.13. The summed E-state index contributed by atoms with van der Waals surface area (Å²) in [6.07, 6.45) is 2.63. The highest BCUT2D eigenvalue weighted by molar-refractivity contribution is 6.03. The molecule has 0 aliphatic rings. The highest BCUT2D eigenvalue weighted by atomic mass is 19.1. The quantitative estimate of drug-likeness (QED) is 0.527. The van der Waals surface area contributed by atoms with Crippen molar-refractivity contribution in [2.75, 3.05) is 18.5 Å². The number of hydrogen-bond acceptors (Lipinski definition) is 3. The summed E-state index contributed by atoms with van der Waals surface area (Å²) in [4.78, 5) is 22.6. The van der Waals surface area contributed by atoms with E-state index in [0.29, 0.717) is 18.7 Å². The number of amides is 2. The van der Waals surface area contributed by atoms with Crippen molar-refractivity contribution < 1.29 is 19.1 Å². The summed E-state index contributed by atoms with van der Waals surface area (Å²) in [6, 6.07) is 5.28. The van der Waals surface area contributed by atoms with Crippen molar-refractivity contribution in [3.8, 4) is 0 Å². The first-order valence-corrected chi connectivity index (χ1v) is 5.75. The van der Waals surface area contributed by atoms with E-state index in [9.17, 15) is 14.0 Å². The maximum atomic E-state index is 12.6. The smallest absolute Gasteiger partial charge is 0.248 e. The van der Waals surface area contributed by atoms with Crippen molar-refractivity contribution >= 4 is 17.5 Å². The minimum Gasteiger partial charge on any atom is -0.396 e. The molecule has 1 aromatic rings. The Morgan fingerprint density at radius 3 is 2.42 bits per heavy atom. The van der Waals surface area contributed by atoms with E-state index in [2.05, 4.69) is 10.6 Å². The molecule has 0 saturated heterocycles. The van der Waals surface area contributed by atoms with Crippen molar-refractivity contribution in [2.24, 2.45) is 0 Å². The van der Waals surface area contributed by atoms with Crippen LogP contribution in [0.1, 0.15) is 6.42 Å². The van der Waals surface area contributed by atoms with Gasteiger partial charge in [0.05, 0.1) is 0 Å². The molecule has 102 valence electrons. The van der Waals surface area contributed by atoms with E-state index < -0.39 is 17.6 Å². The number of nitrogens with one attached hydrogen (secondary N) is 2. The average Bonchev–Trinajstić information content (AvgIpc) is 2.39. The van der Waals surface area contributed by atoms with Crippen LogP contribution in [-0.2, 0) is 9.59 Å². The van der Waals surface area contributed by atoms with Crippen LogP contribution in [0.25, 0.3) is 0 Å². The van der Waals surface area contributed by atoms with Gasteiger partial charge in [-0.25, -0.2) is 4.39 Å². The van der Waals surface area contributed by atoms with Crippen LogP contribution in [0.4, 0.5) is 10.1 Å². The predicted molar refractivity (Wildman–Crippen MR) is 68.9 cm³/mol. The number of aliphatic hydroxyl groups is 1. The Labute approximate surface area is 110 Å². The molecule has 0 fully saturated rings. The van der Waals surface area contributed by atoms with E-state index >= 15 is 0 Å². The Hall–Kier alpha value is -2.21. The molecule has 0 unspecified atom stereocenters. The Morgan fingerprint density at radius 2 is 1.79 bits per heavy atom. The zero-order chi connectivity index (χ0) is 14.1. The molecule has 6 heteroatoms. The molecule has 0 saturated carbocycles. The molecule has 5 nitrogen and oxygen atoms in total. The van der Waals surface area contributed by atoms with Crippen LogP contribution in [0, 0.1) is 5.82 Å². The van der Waals surface area contributed by atoms with Gasteiger partial charge in [0.25, 0.3) is 0 Å². The number of hydrogen-bond donors (Lipinski definition) is 3. The number of benzene rings is 1. The molecule has 3 N–H and O–H groups in total. The average molecular weight is 266 g/mol. The van der Waals surface area contributed by atoms with Gasteiger partial charge in [-0.15, -0.1) is 0 Å². The van der Waals surface area contributed by atoms with E-state index in [1.54, 1.807) is 0 Å². The number of aliphatic hydroxyl groups excluding tert-OH is 1. The molecular weight excluding hydrogens is 251 g/mol. The summed E-state index contributed by atoms with van der Waals surface area (Å²) >= 11 is 0. The first-order chi connectivity index (χ1) is 9.11. The van der Waals surface area contributed by atoms with Crippen molar-refractivity contribution in [1.29, 1.82) is 0 Å². The van der Waals surface area contributed by atoms with Gasteiger partial charge in [-0.2, -0.15) is 0 Å². The summed E-state index contributed by atoms with van der Waals surface area (Å²) in [7, 11) is 0. The zero-order valence-electron chi connectivity index (χ0n) is 10.2. The van der Waals surface area contributed by atoms with Gasteiger partial charge < -0.3 is 15.7 Å². The lowest BCUT2D eigenvalue weighted by Gasteiger charge is -2.01. The lowest BCUT2D eigenvalue weighted by Crippen LogP contribution is -2.23. The van der Waals surface area contributed by atoms with Gasteiger partial charge in [0, 0.05) is 31.0 Å². The Kier molecular flexibility index (Phi) is 6.25. The molecule has 1 aromatic carbocycles. The second-order valence-corrected chi connectivity index (χ2v) is 3.70. The first kappa shape index (κ1) is 14.8. The predicted octanol–water partition coefficient (Wildman–Crippen LogP) is 0.819. The number of carbonyl (C=O) groups is 2. The first-order valence-electron chi connectivity index (χ1n) is 5.75. The molecule has 2 amide bonds. The van der Waals surface area contributed by atoms with Crippen LogP contribution in [0.5, 0.6) is 0 Å². The molecule has 0 radical (unpaired) electrons. The van der Waals surface area contributed by atoms with E-state index in [1.807, 2.05) is 0 Å². The molecule has 19 heavy (non-hydrogen) atoms. The maximum absolute atomic E-state index is 12.6. The zero-order valence-corrected chi connectivity index (χ0v) is 10.2. The van der Waals surface area contributed by atoms with E-state index in [1.165, 1.54) is 24.3 Å². The van der Waals surface area contributed by atoms with Crippen LogP contribution in [-0.4, -0.2) is 30.1 Å². The Balaban J connectivity index is 2.38. The highest BCUT2D eigenvalue weighted by Crippen LogP contribution is 2.07. The lowest BCUT2D eigenvalue weighted by atomic mass is 10.3. The fourth-order valence-electron chi connectivity index (χ4n) is 1.22. The van der Waals surface area contributed by atoms with E-state index in [0.717, 1.165) is 12.2 Å². The van der Waals surface area contributed by atoms with Gasteiger partial charge in [0.1, 0.15) is 5.82 Å². The Bertz CT molecular complexity index is 457. The SMILES string of the molecule is O=C(/C=C/C(=O)Nc1ccc(F)cc1)NCCCO. The van der Waals surface area contributed by atoms with Gasteiger partial charge >= 0.3 is 0 Å². The summed E-state index contributed by atoms with van der Waals surface area (Å²) < 4.78 is 12.6. The van der Waals surface area contributed by atoms with Crippen LogP contribution in [0.15, 0.2) is 36.4 Å². The van der Waals surface area contributed by atoms with Crippen LogP contribution in [0.3, 0.4) is 0 Å². The molecule has 0 aliphatic heterocycles. The van der Waals surface area contributed by atoms with E-state index in [4.69, 9.17) is 5.11 Å². The summed E-state index contributed by atoms with van der Waals surface area (Å²) in [5.74, 6) is -1.29. The second kappa shape index (κ2) is 7.99. The van der Waals surface area contributed by atoms with Crippen LogP contribution < -0.4 is 10.6 Å². The van der Waals surface area contributed by atoms with Gasteiger partial charge in [-0.05, 0) is 30.7 Å². The topological polar surface area (TPSA) is 78.4 Å². The summed E-state index contributed by atoms with van der Waals surface area (Å²) in [5, 5.41) is 13.5. The molecule has 0 bridgehead atoms. The number of rotatable bonds is 6. The van der Waals surface area contributed by atoms with Gasteiger partial charge in [0.2, 0.25) is 11.8 Å². The van der Waals surface area contributed by atoms with Crippen molar-refractivity contribution in [3.05, 3.63) is 42.2 Å². The fourth-order valence-corrected chi connectivity index (χ4v) is 1.22. The number of halogens is 1. The van der Waals surface area contributed by atoms with Gasteiger partial charge in [0.15, 0.2) is 0 Å². The fraction of sp³-hybridized carbons (Fsp3) is 0.231. The molecule has 1 rings (SSSR count). The third-order valence-corrected chi connectivity index (χ3v) is 2.13. The van der Waals surface area contributed by atoms with Gasteiger partial charge in [-0.3, -0.25) is 9.59 Å². The standard InChI is InChI=1S/C13H15FN2O3/c14-10-2-4-11(5-3-10)16-13(19)7-6-12(18)15-8-1-9-17/h2-7,17H,1,8-9H2,(H,15,18)(H,16,19)/b7-6+. The van der Waals surface area contributed by atoms with Crippen LogP contribution >= 0.6 is 0 Å². The second-order valence-electron chi connectivity index (χ2n) is 3.70. The molecule has 0 aromatic heterocycles. The van der Waals surface area contributed by atoms with Crippen molar-refractivity contribution in [3.63, 3.8) is 0 Å². The molecular formula is C13H15FN2O3. The highest BCUT2D eigenvalue weighted by Gasteiger charge is 2.00. The monoisotopic (exact) mass is 266 g/mol. The largest absolute Gasteiger partial charge is 0.396 e. The molecule has 0 spiro atoms.